The fourth-order valence-corrected chi connectivity index (χ4v) is 0.612. The fraction of sp³-hybridized carbons (Fsp3) is 1.00. The number of hydrogen-bond donors (Lipinski definition) is 0. The van der Waals surface area contributed by atoms with E-state index in [1.54, 1.807) is 0 Å². The number of rotatable bonds is 2. The number of thioether (sulfide) groups is 1. The van der Waals surface area contributed by atoms with Crippen LogP contribution in [0.5, 0.6) is 0 Å². The van der Waals surface area contributed by atoms with E-state index in [9.17, 15) is 0 Å². The van der Waals surface area contributed by atoms with Crippen molar-refractivity contribution in [3.8, 4) is 0 Å². The van der Waals surface area contributed by atoms with Crippen LogP contribution in [0.15, 0.2) is 0 Å². The molecular weight excluding hydrogens is 87.1 g/mol. The summed E-state index contributed by atoms with van der Waals surface area (Å²) in [5, 5.41) is 0. The fourth-order valence-electron chi connectivity index (χ4n) is 0.204. The van der Waals surface area contributed by atoms with E-state index in [0.717, 1.165) is 0 Å². The molecule has 0 bridgehead atoms. The summed E-state index contributed by atoms with van der Waals surface area (Å²) in [6, 6.07) is 0. The SMILES string of the molecule is CCSCC.[Li]. The molecule has 6 heavy (non-hydrogen) atoms. The minimum absolute atomic E-state index is 0. The maximum absolute atomic E-state index is 2.17. The molecule has 0 rings (SSSR count). The van der Waals surface area contributed by atoms with Crippen LogP contribution < -0.4 is 0 Å². The van der Waals surface area contributed by atoms with Gasteiger partial charge in [-0.3, -0.25) is 0 Å². The largest absolute Gasteiger partial charge is 0.163 e. The van der Waals surface area contributed by atoms with Gasteiger partial charge < -0.3 is 0 Å². The molecule has 0 atom stereocenters. The van der Waals surface area contributed by atoms with Crippen LogP contribution in [0.25, 0.3) is 0 Å². The third kappa shape index (κ3) is 8.87. The Hall–Kier alpha value is 0.947. The molecule has 0 aromatic rings. The molecule has 0 heterocycles. The normalized spacial score (nSPS) is 7.00. The average Bonchev–Trinajstić information content (AvgIpc) is 1.41. The van der Waals surface area contributed by atoms with Gasteiger partial charge in [0.25, 0.3) is 0 Å². The van der Waals surface area contributed by atoms with Crippen molar-refractivity contribution in [3.05, 3.63) is 0 Å². The van der Waals surface area contributed by atoms with Gasteiger partial charge in [-0.05, 0) is 11.5 Å². The van der Waals surface area contributed by atoms with Crippen LogP contribution in [0.4, 0.5) is 0 Å². The average molecular weight is 97.1 g/mol. The molecule has 0 aromatic carbocycles. The summed E-state index contributed by atoms with van der Waals surface area (Å²) >= 11 is 1.96. The van der Waals surface area contributed by atoms with E-state index < -0.39 is 0 Å². The molecule has 0 spiro atoms. The van der Waals surface area contributed by atoms with E-state index >= 15 is 0 Å². The summed E-state index contributed by atoms with van der Waals surface area (Å²) in [6.07, 6.45) is 0. The zero-order valence-electron chi connectivity index (χ0n) is 4.82. The summed E-state index contributed by atoms with van der Waals surface area (Å²) in [5.41, 5.74) is 0. The molecule has 0 fully saturated rings. The second kappa shape index (κ2) is 9.34. The van der Waals surface area contributed by atoms with Crippen molar-refractivity contribution < 1.29 is 0 Å². The van der Waals surface area contributed by atoms with Gasteiger partial charge in [-0.25, -0.2) is 0 Å². The van der Waals surface area contributed by atoms with Gasteiger partial charge in [0, 0.05) is 18.9 Å². The van der Waals surface area contributed by atoms with Gasteiger partial charge >= 0.3 is 0 Å². The maximum atomic E-state index is 2.17. The van der Waals surface area contributed by atoms with Crippen LogP contribution in [0, 0.1) is 0 Å². The van der Waals surface area contributed by atoms with Crippen LogP contribution in [0.3, 0.4) is 0 Å². The Morgan fingerprint density at radius 3 is 1.50 bits per heavy atom. The first-order valence-electron chi connectivity index (χ1n) is 1.99. The summed E-state index contributed by atoms with van der Waals surface area (Å²) in [6.45, 7) is 4.35. The van der Waals surface area contributed by atoms with Crippen molar-refractivity contribution in [2.24, 2.45) is 0 Å². The molecule has 0 saturated heterocycles. The van der Waals surface area contributed by atoms with Crippen molar-refractivity contribution >= 4 is 30.6 Å². The van der Waals surface area contributed by atoms with E-state index in [-0.39, 0.29) is 18.9 Å². The first kappa shape index (κ1) is 10.0. The molecule has 0 aliphatic rings. The van der Waals surface area contributed by atoms with E-state index in [1.165, 1.54) is 11.5 Å². The zero-order valence-corrected chi connectivity index (χ0v) is 5.64. The topological polar surface area (TPSA) is 0 Å². The van der Waals surface area contributed by atoms with Gasteiger partial charge in [0.2, 0.25) is 0 Å². The van der Waals surface area contributed by atoms with Crippen LogP contribution in [-0.4, -0.2) is 30.4 Å². The zero-order chi connectivity index (χ0) is 4.12. The molecule has 0 aliphatic heterocycles. The molecule has 1 radical (unpaired) electrons. The van der Waals surface area contributed by atoms with Gasteiger partial charge in [0.1, 0.15) is 0 Å². The Morgan fingerprint density at radius 2 is 1.50 bits per heavy atom. The first-order chi connectivity index (χ1) is 2.41. The van der Waals surface area contributed by atoms with Crippen molar-refractivity contribution in [3.63, 3.8) is 0 Å². The number of hydrogen-bond acceptors (Lipinski definition) is 1. The molecule has 0 saturated carbocycles. The summed E-state index contributed by atoms with van der Waals surface area (Å²) in [5.74, 6) is 2.52. The van der Waals surface area contributed by atoms with Crippen LogP contribution in [0.2, 0.25) is 0 Å². The van der Waals surface area contributed by atoms with Crippen molar-refractivity contribution in [1.82, 2.24) is 0 Å². The minimum atomic E-state index is 0. The Balaban J connectivity index is 0. The molecule has 0 nitrogen and oxygen atoms in total. The maximum Gasteiger partial charge on any atom is 0 e. The Bertz CT molecular complexity index is 15.0. The second-order valence-corrected chi connectivity index (χ2v) is 2.34. The van der Waals surface area contributed by atoms with Crippen LogP contribution >= 0.6 is 11.8 Å². The van der Waals surface area contributed by atoms with E-state index in [0.29, 0.717) is 0 Å². The molecule has 0 aromatic heterocycles. The Kier molecular flexibility index (Phi) is 15.6. The third-order valence-corrected chi connectivity index (χ3v) is 1.22. The Morgan fingerprint density at radius 1 is 1.17 bits per heavy atom. The summed E-state index contributed by atoms with van der Waals surface area (Å²) < 4.78 is 0. The van der Waals surface area contributed by atoms with Crippen molar-refractivity contribution in [2.45, 2.75) is 13.8 Å². The molecule has 0 aliphatic carbocycles. The Labute approximate surface area is 56.3 Å². The smallest absolute Gasteiger partial charge is 0 e. The van der Waals surface area contributed by atoms with E-state index in [4.69, 9.17) is 0 Å². The molecule has 0 N–H and O–H groups in total. The summed E-state index contributed by atoms with van der Waals surface area (Å²) in [4.78, 5) is 0. The molecule has 0 amide bonds. The molecule has 2 heteroatoms. The molecule has 0 unspecified atom stereocenters. The van der Waals surface area contributed by atoms with Crippen molar-refractivity contribution in [2.75, 3.05) is 11.5 Å². The molecular formula is C4H10LiS. The van der Waals surface area contributed by atoms with Gasteiger partial charge in [-0.15, -0.1) is 0 Å². The van der Waals surface area contributed by atoms with Crippen molar-refractivity contribution in [1.29, 1.82) is 0 Å². The van der Waals surface area contributed by atoms with E-state index in [1.807, 2.05) is 11.8 Å². The second-order valence-electron chi connectivity index (χ2n) is 0.781. The van der Waals surface area contributed by atoms with E-state index in [2.05, 4.69) is 13.8 Å². The monoisotopic (exact) mass is 97.1 g/mol. The van der Waals surface area contributed by atoms with Gasteiger partial charge in [0.15, 0.2) is 0 Å². The quantitative estimate of drug-likeness (QED) is 0.469. The van der Waals surface area contributed by atoms with Crippen LogP contribution in [0.1, 0.15) is 13.8 Å². The first-order valence-corrected chi connectivity index (χ1v) is 3.15. The summed E-state index contributed by atoms with van der Waals surface area (Å²) in [7, 11) is 0. The molecule has 33 valence electrons. The minimum Gasteiger partial charge on any atom is -0.163 e. The standard InChI is InChI=1S/C4H10S.Li/c1-3-5-4-2;/h3-4H2,1-2H3;. The van der Waals surface area contributed by atoms with Gasteiger partial charge in [-0.2, -0.15) is 11.8 Å². The third-order valence-electron chi connectivity index (χ3n) is 0.408. The van der Waals surface area contributed by atoms with Gasteiger partial charge in [-0.1, -0.05) is 13.8 Å². The predicted molar refractivity (Wildman–Crippen MR) is 34.4 cm³/mol. The predicted octanol–water partition coefficient (Wildman–Crippen LogP) is 1.38. The van der Waals surface area contributed by atoms with Crippen LogP contribution in [-0.2, 0) is 0 Å². The van der Waals surface area contributed by atoms with Gasteiger partial charge in [0.05, 0.1) is 0 Å².